The van der Waals surface area contributed by atoms with E-state index < -0.39 is 0 Å². The summed E-state index contributed by atoms with van der Waals surface area (Å²) in [6.45, 7) is 6.11. The van der Waals surface area contributed by atoms with Crippen LogP contribution in [0.2, 0.25) is 0 Å². The van der Waals surface area contributed by atoms with Gasteiger partial charge in [0.05, 0.1) is 18.6 Å². The van der Waals surface area contributed by atoms with E-state index >= 15 is 0 Å². The highest BCUT2D eigenvalue weighted by molar-refractivity contribution is 6.18. The third-order valence-electron chi connectivity index (χ3n) is 8.24. The van der Waals surface area contributed by atoms with Crippen LogP contribution in [0.4, 0.5) is 11.8 Å². The summed E-state index contributed by atoms with van der Waals surface area (Å²) in [5, 5.41) is 1.03. The summed E-state index contributed by atoms with van der Waals surface area (Å²) < 4.78 is 2.19. The van der Waals surface area contributed by atoms with Gasteiger partial charge in [0.25, 0.3) is 5.91 Å². The van der Waals surface area contributed by atoms with Gasteiger partial charge in [0.2, 0.25) is 11.9 Å². The maximum atomic E-state index is 14.2. The quantitative estimate of drug-likeness (QED) is 0.575. The molecule has 1 atom stereocenters. The number of nitrogens with zero attached hydrogens (tertiary/aromatic N) is 8. The van der Waals surface area contributed by atoms with Gasteiger partial charge < -0.3 is 15.2 Å². The molecule has 4 aliphatic rings. The molecule has 1 saturated heterocycles. The number of hydrogen-bond acceptors (Lipinski definition) is 8. The first-order valence-corrected chi connectivity index (χ1v) is 13.5. The Balaban J connectivity index is 1.30. The minimum atomic E-state index is -0.0688. The van der Waals surface area contributed by atoms with Crippen molar-refractivity contribution in [1.29, 1.82) is 0 Å². The zero-order chi connectivity index (χ0) is 25.1. The number of imidazole rings is 1. The average Bonchev–Trinajstić information content (AvgIpc) is 3.49. The summed E-state index contributed by atoms with van der Waals surface area (Å²) in [7, 11) is 0. The fourth-order valence-corrected chi connectivity index (χ4v) is 6.10. The minimum absolute atomic E-state index is 0.0688. The Kier molecular flexibility index (Phi) is 5.38. The van der Waals surface area contributed by atoms with Crippen LogP contribution in [0.15, 0.2) is 29.3 Å². The van der Waals surface area contributed by atoms with Crippen LogP contribution in [0.25, 0.3) is 10.9 Å². The fraction of sp³-hybridized carbons (Fsp3) is 0.519. The van der Waals surface area contributed by atoms with Crippen LogP contribution in [0, 0.1) is 12.8 Å². The van der Waals surface area contributed by atoms with Crippen molar-refractivity contribution in [3.05, 3.63) is 41.5 Å². The average molecular weight is 500 g/mol. The SMILES string of the molecule is Cc1nc(CN2C(=O)c3c(nc(N4CCC[C@@H](N)C4)n3CC3CCC3)N3CCN=C23)nc2ccccc12. The van der Waals surface area contributed by atoms with Crippen molar-refractivity contribution in [2.45, 2.75) is 58.2 Å². The van der Waals surface area contributed by atoms with Crippen LogP contribution >= 0.6 is 0 Å². The molecular weight excluding hydrogens is 466 g/mol. The first-order chi connectivity index (χ1) is 18.1. The summed E-state index contributed by atoms with van der Waals surface area (Å²) in [5.74, 6) is 3.40. The number of anilines is 2. The summed E-state index contributed by atoms with van der Waals surface area (Å²) in [4.78, 5) is 39.8. The molecule has 1 saturated carbocycles. The molecule has 7 rings (SSSR count). The molecule has 0 spiro atoms. The first kappa shape index (κ1) is 22.7. The normalized spacial score (nSPS) is 21.8. The molecule has 192 valence electrons. The number of guanidine groups is 1. The second-order valence-electron chi connectivity index (χ2n) is 10.8. The number of fused-ring (bicyclic) bond motifs is 4. The largest absolute Gasteiger partial charge is 0.341 e. The smallest absolute Gasteiger partial charge is 0.281 e. The number of carbonyl (C=O) groups excluding carboxylic acids is 1. The van der Waals surface area contributed by atoms with E-state index in [0.717, 1.165) is 60.8 Å². The molecule has 2 fully saturated rings. The van der Waals surface area contributed by atoms with Gasteiger partial charge in [0, 0.05) is 43.3 Å². The van der Waals surface area contributed by atoms with Gasteiger partial charge in [-0.25, -0.2) is 9.97 Å². The Morgan fingerprint density at radius 2 is 1.92 bits per heavy atom. The number of hydrogen-bond donors (Lipinski definition) is 1. The predicted octanol–water partition coefficient (Wildman–Crippen LogP) is 2.69. The summed E-state index contributed by atoms with van der Waals surface area (Å²) in [5.41, 5.74) is 8.81. The van der Waals surface area contributed by atoms with Crippen LogP contribution < -0.4 is 15.5 Å². The first-order valence-electron chi connectivity index (χ1n) is 13.5. The van der Waals surface area contributed by atoms with Crippen LogP contribution in [0.1, 0.15) is 54.1 Å². The van der Waals surface area contributed by atoms with Crippen molar-refractivity contribution >= 4 is 34.5 Å². The lowest BCUT2D eigenvalue weighted by Gasteiger charge is -2.35. The standard InChI is InChI=1S/C27H33N9O/c1-17-20-9-2-3-10-21(20)31-22(30-17)16-36-25(37)23-24(34-13-11-29-26(34)36)32-27(33-12-5-8-19(28)15-33)35(23)14-18-6-4-7-18/h2-3,9-10,18-19H,4-8,11-16,28H2,1H3/t19-/m1/s1. The lowest BCUT2D eigenvalue weighted by Crippen LogP contribution is -2.50. The maximum absolute atomic E-state index is 14.2. The topological polar surface area (TPSA) is 109 Å². The fourth-order valence-electron chi connectivity index (χ4n) is 6.10. The van der Waals surface area contributed by atoms with Crippen LogP contribution in [-0.2, 0) is 13.1 Å². The van der Waals surface area contributed by atoms with E-state index in [2.05, 4.69) is 14.4 Å². The molecule has 1 aromatic carbocycles. The predicted molar refractivity (Wildman–Crippen MR) is 143 cm³/mol. The van der Waals surface area contributed by atoms with Gasteiger partial charge in [-0.05, 0) is 44.6 Å². The van der Waals surface area contributed by atoms with E-state index in [1.165, 1.54) is 19.3 Å². The van der Waals surface area contributed by atoms with E-state index in [1.54, 1.807) is 4.90 Å². The third kappa shape index (κ3) is 3.77. The Morgan fingerprint density at radius 1 is 1.05 bits per heavy atom. The molecule has 3 aromatic rings. The van der Waals surface area contributed by atoms with Crippen LogP contribution in [0.5, 0.6) is 0 Å². The Bertz CT molecular complexity index is 1410. The number of benzene rings is 1. The summed E-state index contributed by atoms with van der Waals surface area (Å²) in [6.07, 6.45) is 5.72. The molecule has 0 radical (unpaired) electrons. The molecule has 0 bridgehead atoms. The van der Waals surface area contributed by atoms with Crippen molar-refractivity contribution < 1.29 is 4.79 Å². The number of para-hydroxylation sites is 1. The maximum Gasteiger partial charge on any atom is 0.281 e. The third-order valence-corrected chi connectivity index (χ3v) is 8.24. The van der Waals surface area contributed by atoms with Crippen molar-refractivity contribution in [3.63, 3.8) is 0 Å². The Labute approximate surface area is 216 Å². The molecule has 2 N–H and O–H groups in total. The molecule has 10 nitrogen and oxygen atoms in total. The molecule has 0 unspecified atom stereocenters. The number of rotatable bonds is 5. The zero-order valence-corrected chi connectivity index (χ0v) is 21.3. The molecule has 3 aliphatic heterocycles. The van der Waals surface area contributed by atoms with Crippen molar-refractivity contribution in [2.75, 3.05) is 36.0 Å². The van der Waals surface area contributed by atoms with Crippen molar-refractivity contribution in [2.24, 2.45) is 16.6 Å². The minimum Gasteiger partial charge on any atom is -0.341 e. The molecular formula is C27H33N9O. The number of aromatic nitrogens is 4. The Morgan fingerprint density at radius 3 is 2.73 bits per heavy atom. The van der Waals surface area contributed by atoms with Gasteiger partial charge in [-0.3, -0.25) is 19.6 Å². The molecule has 5 heterocycles. The van der Waals surface area contributed by atoms with E-state index in [0.29, 0.717) is 36.5 Å². The number of aliphatic imine (C=N–C) groups is 1. The van der Waals surface area contributed by atoms with Gasteiger partial charge in [0.15, 0.2) is 11.5 Å². The molecule has 10 heteroatoms. The lowest BCUT2D eigenvalue weighted by molar-refractivity contribution is 0.0817. The highest BCUT2D eigenvalue weighted by Gasteiger charge is 2.43. The monoisotopic (exact) mass is 499 g/mol. The second-order valence-corrected chi connectivity index (χ2v) is 10.8. The van der Waals surface area contributed by atoms with Gasteiger partial charge in [0.1, 0.15) is 5.82 Å². The van der Waals surface area contributed by atoms with Crippen LogP contribution in [0.3, 0.4) is 0 Å². The number of carbonyl (C=O) groups is 1. The molecule has 2 aromatic heterocycles. The van der Waals surface area contributed by atoms with Gasteiger partial charge in [-0.15, -0.1) is 0 Å². The van der Waals surface area contributed by atoms with E-state index in [4.69, 9.17) is 25.7 Å². The molecule has 1 aliphatic carbocycles. The molecule has 1 amide bonds. The highest BCUT2D eigenvalue weighted by atomic mass is 16.2. The number of aryl methyl sites for hydroxylation is 1. The van der Waals surface area contributed by atoms with Crippen molar-refractivity contribution in [1.82, 2.24) is 24.4 Å². The summed E-state index contributed by atoms with van der Waals surface area (Å²) in [6, 6.07) is 8.13. The van der Waals surface area contributed by atoms with Gasteiger partial charge in [-0.1, -0.05) is 24.6 Å². The Hall–Kier alpha value is -3.53. The number of nitrogens with two attached hydrogens (primary N) is 1. The van der Waals surface area contributed by atoms with E-state index in [1.807, 2.05) is 31.2 Å². The lowest BCUT2D eigenvalue weighted by atomic mass is 9.85. The van der Waals surface area contributed by atoms with Crippen LogP contribution in [-0.4, -0.2) is 68.5 Å². The number of amides is 1. The second kappa shape index (κ2) is 8.79. The highest BCUT2D eigenvalue weighted by Crippen LogP contribution is 2.38. The summed E-state index contributed by atoms with van der Waals surface area (Å²) >= 11 is 0. The van der Waals surface area contributed by atoms with E-state index in [-0.39, 0.29) is 18.5 Å². The zero-order valence-electron chi connectivity index (χ0n) is 21.3. The molecule has 37 heavy (non-hydrogen) atoms. The van der Waals surface area contributed by atoms with Crippen molar-refractivity contribution in [3.8, 4) is 0 Å². The number of piperidine rings is 1. The van der Waals surface area contributed by atoms with Gasteiger partial charge >= 0.3 is 0 Å². The van der Waals surface area contributed by atoms with Gasteiger partial charge in [-0.2, -0.15) is 4.98 Å². The van der Waals surface area contributed by atoms with E-state index in [9.17, 15) is 4.79 Å².